The van der Waals surface area contributed by atoms with Crippen LogP contribution < -0.4 is 5.32 Å². The van der Waals surface area contributed by atoms with E-state index in [2.05, 4.69) is 5.32 Å². The molecule has 0 saturated heterocycles. The van der Waals surface area contributed by atoms with Crippen LogP contribution in [0.4, 0.5) is 0 Å². The first-order chi connectivity index (χ1) is 9.47. The molecule has 2 aromatic rings. The molecule has 1 atom stereocenters. The smallest absolute Gasteiger partial charge is 0.240 e. The lowest BCUT2D eigenvalue weighted by molar-refractivity contribution is -0.133. The van der Waals surface area contributed by atoms with Gasteiger partial charge in [0, 0.05) is 19.4 Å². The highest BCUT2D eigenvalue weighted by molar-refractivity contribution is 5.84. The van der Waals surface area contributed by atoms with Gasteiger partial charge in [0.25, 0.3) is 0 Å². The number of hydrogen-bond acceptors (Lipinski definition) is 3. The van der Waals surface area contributed by atoms with Crippen molar-refractivity contribution in [2.45, 2.75) is 19.9 Å². The number of hydrogen-bond donors (Lipinski definition) is 1. The van der Waals surface area contributed by atoms with Crippen molar-refractivity contribution in [1.29, 1.82) is 0 Å². The van der Waals surface area contributed by atoms with E-state index in [4.69, 9.17) is 4.42 Å². The van der Waals surface area contributed by atoms with Gasteiger partial charge >= 0.3 is 0 Å². The van der Waals surface area contributed by atoms with Gasteiger partial charge in [0.15, 0.2) is 0 Å². The molecule has 1 aromatic carbocycles. The third-order valence-corrected chi connectivity index (χ3v) is 3.17. The predicted octanol–water partition coefficient (Wildman–Crippen LogP) is 2.09. The van der Waals surface area contributed by atoms with E-state index in [-0.39, 0.29) is 24.4 Å². The highest BCUT2D eigenvalue weighted by Gasteiger charge is 2.15. The Balaban J connectivity index is 2.02. The van der Waals surface area contributed by atoms with Gasteiger partial charge in [0.2, 0.25) is 11.8 Å². The van der Waals surface area contributed by atoms with Crippen molar-refractivity contribution in [2.75, 3.05) is 13.6 Å². The van der Waals surface area contributed by atoms with Crippen LogP contribution in [0, 0.1) is 0 Å². The molecule has 0 spiro atoms. The third kappa shape index (κ3) is 3.17. The normalized spacial score (nSPS) is 12.2. The van der Waals surface area contributed by atoms with E-state index in [1.807, 2.05) is 37.3 Å². The molecule has 0 aliphatic heterocycles. The summed E-state index contributed by atoms with van der Waals surface area (Å²) < 4.78 is 5.69. The first kappa shape index (κ1) is 14.1. The summed E-state index contributed by atoms with van der Waals surface area (Å²) in [5.74, 6) is 0.345. The predicted molar refractivity (Wildman–Crippen MR) is 76.1 cm³/mol. The quantitative estimate of drug-likeness (QED) is 0.928. The summed E-state index contributed by atoms with van der Waals surface area (Å²) in [6, 6.07) is 9.36. The monoisotopic (exact) mass is 274 g/mol. The minimum atomic E-state index is -0.241. The van der Waals surface area contributed by atoms with Crippen LogP contribution >= 0.6 is 0 Å². The topological polar surface area (TPSA) is 62.6 Å². The maximum Gasteiger partial charge on any atom is 0.240 e. The van der Waals surface area contributed by atoms with Crippen molar-refractivity contribution in [3.63, 3.8) is 0 Å². The third-order valence-electron chi connectivity index (χ3n) is 3.17. The lowest BCUT2D eigenvalue weighted by Gasteiger charge is -2.16. The zero-order valence-electron chi connectivity index (χ0n) is 11.8. The number of fused-ring (bicyclic) bond motifs is 1. The van der Waals surface area contributed by atoms with E-state index in [9.17, 15) is 9.59 Å². The van der Waals surface area contributed by atoms with Crippen LogP contribution in [0.3, 0.4) is 0 Å². The van der Waals surface area contributed by atoms with E-state index in [0.29, 0.717) is 5.76 Å². The Hall–Kier alpha value is -2.30. The molecule has 1 N–H and O–H groups in total. The SMILES string of the molecule is CC(=O)N(C)CC(=O)N[C@H](C)c1cc2ccccc2o1. The fraction of sp³-hybridized carbons (Fsp3) is 0.333. The van der Waals surface area contributed by atoms with Gasteiger partial charge < -0.3 is 14.6 Å². The molecule has 0 saturated carbocycles. The molecule has 1 aromatic heterocycles. The Morgan fingerprint density at radius 1 is 1.35 bits per heavy atom. The lowest BCUT2D eigenvalue weighted by atomic mass is 10.2. The zero-order chi connectivity index (χ0) is 14.7. The van der Waals surface area contributed by atoms with Gasteiger partial charge in [-0.05, 0) is 19.1 Å². The van der Waals surface area contributed by atoms with Crippen LogP contribution in [0.1, 0.15) is 25.6 Å². The highest BCUT2D eigenvalue weighted by Crippen LogP contribution is 2.23. The summed E-state index contributed by atoms with van der Waals surface area (Å²) in [6.07, 6.45) is 0. The van der Waals surface area contributed by atoms with Crippen LogP contribution in [0.5, 0.6) is 0 Å². The van der Waals surface area contributed by atoms with Crippen molar-refractivity contribution in [3.05, 3.63) is 36.1 Å². The highest BCUT2D eigenvalue weighted by atomic mass is 16.3. The van der Waals surface area contributed by atoms with Crippen molar-refractivity contribution in [2.24, 2.45) is 0 Å². The summed E-state index contributed by atoms with van der Waals surface area (Å²) in [4.78, 5) is 24.3. The van der Waals surface area contributed by atoms with Crippen molar-refractivity contribution in [1.82, 2.24) is 10.2 Å². The number of amides is 2. The summed E-state index contributed by atoms with van der Waals surface area (Å²) in [7, 11) is 1.59. The Morgan fingerprint density at radius 3 is 2.70 bits per heavy atom. The van der Waals surface area contributed by atoms with Gasteiger partial charge in [-0.2, -0.15) is 0 Å². The Labute approximate surface area is 117 Å². The summed E-state index contributed by atoms with van der Waals surface area (Å²) in [5.41, 5.74) is 0.796. The molecule has 0 aliphatic rings. The molecule has 5 heteroatoms. The number of likely N-dealkylation sites (N-methyl/N-ethyl adjacent to an activating group) is 1. The average molecular weight is 274 g/mol. The largest absolute Gasteiger partial charge is 0.459 e. The summed E-state index contributed by atoms with van der Waals surface area (Å²) in [5, 5.41) is 3.82. The molecule has 106 valence electrons. The van der Waals surface area contributed by atoms with Gasteiger partial charge in [-0.15, -0.1) is 0 Å². The number of carbonyl (C=O) groups is 2. The average Bonchev–Trinajstić information content (AvgIpc) is 2.82. The number of benzene rings is 1. The molecular weight excluding hydrogens is 256 g/mol. The molecule has 0 aliphatic carbocycles. The zero-order valence-corrected chi connectivity index (χ0v) is 11.8. The number of furan rings is 1. The Kier molecular flexibility index (Phi) is 4.08. The van der Waals surface area contributed by atoms with E-state index >= 15 is 0 Å². The summed E-state index contributed by atoms with van der Waals surface area (Å²) in [6.45, 7) is 3.32. The molecule has 0 fully saturated rings. The van der Waals surface area contributed by atoms with Gasteiger partial charge in [-0.3, -0.25) is 9.59 Å². The number of para-hydroxylation sites is 1. The van der Waals surface area contributed by atoms with Crippen molar-refractivity contribution >= 4 is 22.8 Å². The molecule has 20 heavy (non-hydrogen) atoms. The molecule has 0 radical (unpaired) electrons. The Bertz CT molecular complexity index is 600. The summed E-state index contributed by atoms with van der Waals surface area (Å²) >= 11 is 0. The minimum Gasteiger partial charge on any atom is -0.459 e. The maximum absolute atomic E-state index is 11.8. The number of carbonyl (C=O) groups excluding carboxylic acids is 2. The molecule has 0 bridgehead atoms. The van der Waals surface area contributed by atoms with Crippen molar-refractivity contribution < 1.29 is 14.0 Å². The second-order valence-corrected chi connectivity index (χ2v) is 4.85. The van der Waals surface area contributed by atoms with Crippen molar-refractivity contribution in [3.8, 4) is 0 Å². The van der Waals surface area contributed by atoms with Crippen LogP contribution in [0.25, 0.3) is 11.0 Å². The standard InChI is InChI=1S/C15H18N2O3/c1-10(16-15(19)9-17(3)11(2)18)14-8-12-6-4-5-7-13(12)20-14/h4-8,10H,9H2,1-3H3,(H,16,19)/t10-/m1/s1. The van der Waals surface area contributed by atoms with E-state index in [1.165, 1.54) is 11.8 Å². The molecule has 2 rings (SSSR count). The number of nitrogens with zero attached hydrogens (tertiary/aromatic N) is 1. The van der Waals surface area contributed by atoms with Crippen LogP contribution in [-0.4, -0.2) is 30.3 Å². The molecule has 1 heterocycles. The molecule has 5 nitrogen and oxygen atoms in total. The minimum absolute atomic E-state index is 0.0416. The van der Waals surface area contributed by atoms with Gasteiger partial charge in [-0.1, -0.05) is 18.2 Å². The second kappa shape index (κ2) is 5.77. The molecular formula is C15H18N2O3. The first-order valence-corrected chi connectivity index (χ1v) is 6.47. The first-order valence-electron chi connectivity index (χ1n) is 6.47. The molecule has 2 amide bonds. The van der Waals surface area contributed by atoms with Gasteiger partial charge in [-0.25, -0.2) is 0 Å². The van der Waals surface area contributed by atoms with E-state index < -0.39 is 0 Å². The van der Waals surface area contributed by atoms with Gasteiger partial charge in [0.05, 0.1) is 12.6 Å². The van der Waals surface area contributed by atoms with Crippen LogP contribution in [-0.2, 0) is 9.59 Å². The van der Waals surface area contributed by atoms with Gasteiger partial charge in [0.1, 0.15) is 11.3 Å². The van der Waals surface area contributed by atoms with E-state index in [1.54, 1.807) is 7.05 Å². The molecule has 0 unspecified atom stereocenters. The number of rotatable bonds is 4. The maximum atomic E-state index is 11.8. The second-order valence-electron chi connectivity index (χ2n) is 4.85. The fourth-order valence-corrected chi connectivity index (χ4v) is 1.90. The van der Waals surface area contributed by atoms with Crippen LogP contribution in [0.2, 0.25) is 0 Å². The number of nitrogens with one attached hydrogen (secondary N) is 1. The lowest BCUT2D eigenvalue weighted by Crippen LogP contribution is -2.38. The Morgan fingerprint density at radius 2 is 2.05 bits per heavy atom. The fourth-order valence-electron chi connectivity index (χ4n) is 1.90. The van der Waals surface area contributed by atoms with E-state index in [0.717, 1.165) is 11.0 Å². The van der Waals surface area contributed by atoms with Crippen LogP contribution in [0.15, 0.2) is 34.7 Å².